The highest BCUT2D eigenvalue weighted by molar-refractivity contribution is 7.99. The lowest BCUT2D eigenvalue weighted by atomic mass is 9.70. The van der Waals surface area contributed by atoms with Crippen molar-refractivity contribution >= 4 is 62.6 Å². The monoisotopic (exact) mass is 642 g/mol. The first-order chi connectivity index (χ1) is 21.7. The molecule has 0 N–H and O–H groups in total. The molecule has 45 heavy (non-hydrogen) atoms. The van der Waals surface area contributed by atoms with Crippen LogP contribution in [0.1, 0.15) is 56.5 Å². The van der Waals surface area contributed by atoms with Gasteiger partial charge in [-0.3, -0.25) is 4.79 Å². The molecule has 2 atom stereocenters. The van der Waals surface area contributed by atoms with Crippen molar-refractivity contribution in [1.29, 1.82) is 0 Å². The average molecular weight is 643 g/mol. The van der Waals surface area contributed by atoms with Crippen LogP contribution in [-0.2, 0) is 20.9 Å². The second-order valence-corrected chi connectivity index (χ2v) is 13.1. The second-order valence-electron chi connectivity index (χ2n) is 11.5. The molecular formula is C37H39ClN2O4S. The maximum atomic E-state index is 13.9. The second kappa shape index (κ2) is 14.6. The van der Waals surface area contributed by atoms with Crippen LogP contribution in [0.25, 0.3) is 21.8 Å². The van der Waals surface area contributed by atoms with E-state index in [-0.39, 0.29) is 11.7 Å². The van der Waals surface area contributed by atoms with Crippen molar-refractivity contribution in [3.05, 3.63) is 101 Å². The maximum Gasteiger partial charge on any atom is 0.331 e. The molecule has 4 aromatic rings. The summed E-state index contributed by atoms with van der Waals surface area (Å²) in [5.74, 6) is 0.586. The van der Waals surface area contributed by atoms with Crippen LogP contribution in [0.5, 0.6) is 0 Å². The van der Waals surface area contributed by atoms with Gasteiger partial charge in [0.1, 0.15) is 0 Å². The number of ketones is 1. The van der Waals surface area contributed by atoms with Gasteiger partial charge in [-0.05, 0) is 93.0 Å². The highest BCUT2D eigenvalue weighted by Gasteiger charge is 2.37. The predicted molar refractivity (Wildman–Crippen MR) is 186 cm³/mol. The summed E-state index contributed by atoms with van der Waals surface area (Å²) in [6, 6.07) is 20.0. The summed E-state index contributed by atoms with van der Waals surface area (Å²) in [7, 11) is 0. The molecule has 0 radical (unpaired) electrons. The van der Waals surface area contributed by atoms with E-state index in [0.717, 1.165) is 44.4 Å². The van der Waals surface area contributed by atoms with E-state index in [1.807, 2.05) is 80.6 Å². The minimum absolute atomic E-state index is 0.0859. The van der Waals surface area contributed by atoms with Gasteiger partial charge >= 0.3 is 5.97 Å². The van der Waals surface area contributed by atoms with E-state index in [1.165, 1.54) is 6.92 Å². The summed E-state index contributed by atoms with van der Waals surface area (Å²) >= 11 is 7.78. The number of oxime groups is 1. The molecule has 1 aliphatic rings. The van der Waals surface area contributed by atoms with Crippen molar-refractivity contribution in [3.8, 4) is 0 Å². The first-order valence-electron chi connectivity index (χ1n) is 15.4. The zero-order chi connectivity index (χ0) is 32.0. The minimum Gasteiger partial charge on any atom is -0.380 e. The van der Waals surface area contributed by atoms with Crippen LogP contribution in [0.15, 0.2) is 95.0 Å². The maximum absolute atomic E-state index is 13.9. The molecule has 1 heterocycles. The van der Waals surface area contributed by atoms with Crippen LogP contribution < -0.4 is 0 Å². The van der Waals surface area contributed by atoms with Gasteiger partial charge < -0.3 is 14.1 Å². The fraction of sp³-hybridized carbons (Fsp3) is 0.324. The van der Waals surface area contributed by atoms with Gasteiger partial charge in [-0.1, -0.05) is 54.1 Å². The van der Waals surface area contributed by atoms with Gasteiger partial charge in [-0.15, -0.1) is 11.8 Å². The molecule has 0 aliphatic heterocycles. The molecule has 8 heteroatoms. The van der Waals surface area contributed by atoms with Gasteiger partial charge in [0.2, 0.25) is 0 Å². The number of halogens is 1. The van der Waals surface area contributed by atoms with E-state index >= 15 is 0 Å². The fourth-order valence-corrected chi connectivity index (χ4v) is 6.70. The quantitative estimate of drug-likeness (QED) is 0.0363. The summed E-state index contributed by atoms with van der Waals surface area (Å²) in [5.41, 5.74) is 3.72. The number of hydrogen-bond donors (Lipinski definition) is 0. The van der Waals surface area contributed by atoms with Crippen molar-refractivity contribution in [2.24, 2.45) is 16.5 Å². The van der Waals surface area contributed by atoms with Gasteiger partial charge in [-0.25, -0.2) is 4.79 Å². The molecule has 0 saturated carbocycles. The Labute approximate surface area is 274 Å². The molecule has 0 bridgehead atoms. The van der Waals surface area contributed by atoms with E-state index in [1.54, 1.807) is 11.8 Å². The number of Topliss-reactive ketones (excluding diaryl/α,β-unsaturated/α-hetero) is 1. The highest BCUT2D eigenvalue weighted by atomic mass is 35.5. The van der Waals surface area contributed by atoms with Crippen LogP contribution in [-0.4, -0.2) is 41.0 Å². The number of allylic oxidation sites excluding steroid dienone is 4. The Morgan fingerprint density at radius 1 is 1.00 bits per heavy atom. The third-order valence-corrected chi connectivity index (χ3v) is 9.79. The molecule has 0 spiro atoms. The molecule has 3 aromatic carbocycles. The van der Waals surface area contributed by atoms with Crippen LogP contribution in [0.4, 0.5) is 0 Å². The number of hydrogen-bond acceptors (Lipinski definition) is 6. The molecule has 0 amide bonds. The minimum atomic E-state index is -0.616. The normalized spacial score (nSPS) is 18.2. The van der Waals surface area contributed by atoms with Crippen LogP contribution >= 0.6 is 23.4 Å². The number of fused-ring (bicyclic) bond motifs is 3. The SMILES string of the molecule is CCOCCn1c2ccc(C(=O)C3(C)C=CC=CC3C)cc2c2cc(/C(CCCSc3ccc(Cl)cc3)=N/OC(C)=O)ccc21. The fourth-order valence-electron chi connectivity index (χ4n) is 5.72. The van der Waals surface area contributed by atoms with Crippen molar-refractivity contribution in [2.75, 3.05) is 19.0 Å². The van der Waals surface area contributed by atoms with Crippen LogP contribution in [0.2, 0.25) is 5.02 Å². The molecule has 5 rings (SSSR count). The lowest BCUT2D eigenvalue weighted by Crippen LogP contribution is -2.33. The van der Waals surface area contributed by atoms with Crippen LogP contribution in [0, 0.1) is 11.3 Å². The Balaban J connectivity index is 1.51. The molecule has 234 valence electrons. The summed E-state index contributed by atoms with van der Waals surface area (Å²) in [6.45, 7) is 9.34. The third kappa shape index (κ3) is 7.43. The van der Waals surface area contributed by atoms with E-state index in [4.69, 9.17) is 21.2 Å². The van der Waals surface area contributed by atoms with Gasteiger partial charge in [-0.2, -0.15) is 0 Å². The molecule has 2 unspecified atom stereocenters. The number of nitrogens with zero attached hydrogens (tertiary/aromatic N) is 2. The lowest BCUT2D eigenvalue weighted by molar-refractivity contribution is -0.140. The number of thioether (sulfide) groups is 1. The van der Waals surface area contributed by atoms with Gasteiger partial charge in [0.25, 0.3) is 0 Å². The summed E-state index contributed by atoms with van der Waals surface area (Å²) < 4.78 is 7.96. The predicted octanol–water partition coefficient (Wildman–Crippen LogP) is 9.28. The highest BCUT2D eigenvalue weighted by Crippen LogP contribution is 2.38. The number of ether oxygens (including phenoxy) is 1. The summed E-state index contributed by atoms with van der Waals surface area (Å²) in [6.07, 6.45) is 9.51. The van der Waals surface area contributed by atoms with Crippen molar-refractivity contribution in [2.45, 2.75) is 52.0 Å². The number of carbonyl (C=O) groups is 2. The Kier molecular flexibility index (Phi) is 10.6. The standard InChI is InChI=1S/C37H39ClN2O4S/c1-5-43-21-20-40-34-17-11-27(33(39-44-26(3)41)10-8-22-45-30-15-13-29(38)14-16-30)23-31(34)32-24-28(12-18-35(32)40)36(42)37(4)19-7-6-9-25(37)2/h6-7,9,11-19,23-25H,5,8,10,20-22H2,1-4H3/b39-33+. The molecular weight excluding hydrogens is 604 g/mol. The van der Waals surface area contributed by atoms with E-state index in [0.29, 0.717) is 42.5 Å². The molecule has 1 aromatic heterocycles. The Hall–Kier alpha value is -3.65. The summed E-state index contributed by atoms with van der Waals surface area (Å²) in [4.78, 5) is 31.9. The van der Waals surface area contributed by atoms with Crippen molar-refractivity contribution in [1.82, 2.24) is 4.57 Å². The molecule has 6 nitrogen and oxygen atoms in total. The molecule has 0 fully saturated rings. The van der Waals surface area contributed by atoms with E-state index < -0.39 is 11.4 Å². The van der Waals surface area contributed by atoms with Gasteiger partial charge in [0, 0.05) is 62.9 Å². The third-order valence-electron chi connectivity index (χ3n) is 8.44. The summed E-state index contributed by atoms with van der Waals surface area (Å²) in [5, 5.41) is 6.99. The van der Waals surface area contributed by atoms with Crippen LogP contribution in [0.3, 0.4) is 0 Å². The Morgan fingerprint density at radius 2 is 1.69 bits per heavy atom. The lowest BCUT2D eigenvalue weighted by Gasteiger charge is -2.31. The van der Waals surface area contributed by atoms with Gasteiger partial charge in [0.15, 0.2) is 5.78 Å². The topological polar surface area (TPSA) is 69.9 Å². The van der Waals surface area contributed by atoms with Crippen molar-refractivity contribution < 1.29 is 19.2 Å². The number of aromatic nitrogens is 1. The molecule has 1 aliphatic carbocycles. The first-order valence-corrected chi connectivity index (χ1v) is 16.8. The van der Waals surface area contributed by atoms with E-state index in [2.05, 4.69) is 34.9 Å². The zero-order valence-corrected chi connectivity index (χ0v) is 27.8. The van der Waals surface area contributed by atoms with E-state index in [9.17, 15) is 9.59 Å². The van der Waals surface area contributed by atoms with Gasteiger partial charge in [0.05, 0.1) is 17.7 Å². The number of rotatable bonds is 13. The Morgan fingerprint density at radius 3 is 2.36 bits per heavy atom. The smallest absolute Gasteiger partial charge is 0.331 e. The average Bonchev–Trinajstić information content (AvgIpc) is 3.34. The number of carbonyl (C=O) groups excluding carboxylic acids is 2. The molecule has 0 saturated heterocycles. The Bertz CT molecular complexity index is 1790. The first kappa shape index (κ1) is 32.7. The van der Waals surface area contributed by atoms with Crippen molar-refractivity contribution in [3.63, 3.8) is 0 Å². The zero-order valence-electron chi connectivity index (χ0n) is 26.2. The largest absolute Gasteiger partial charge is 0.380 e. The number of benzene rings is 3.